The van der Waals surface area contributed by atoms with E-state index >= 15 is 0 Å². The van der Waals surface area contributed by atoms with E-state index in [1.54, 1.807) is 31.3 Å². The number of rotatable bonds is 2. The summed E-state index contributed by atoms with van der Waals surface area (Å²) in [5, 5.41) is 0. The lowest BCUT2D eigenvalue weighted by atomic mass is 10.2. The molecule has 0 fully saturated rings. The highest BCUT2D eigenvalue weighted by atomic mass is 79.9. The Labute approximate surface area is 113 Å². The molecule has 1 amide bonds. The molecule has 0 aliphatic carbocycles. The summed E-state index contributed by atoms with van der Waals surface area (Å²) in [7, 11) is 1.66. The molecule has 0 heterocycles. The van der Waals surface area contributed by atoms with E-state index in [2.05, 4.69) is 15.9 Å². The number of hydrogen-bond acceptors (Lipinski definition) is 1. The highest BCUT2D eigenvalue weighted by Gasteiger charge is 2.15. The normalized spacial score (nSPS) is 10.2. The van der Waals surface area contributed by atoms with E-state index in [9.17, 15) is 9.18 Å². The number of carbonyl (C=O) groups excluding carboxylic acids is 1. The first-order chi connectivity index (χ1) is 8.59. The van der Waals surface area contributed by atoms with E-state index in [1.165, 1.54) is 17.0 Å². The quantitative estimate of drug-likeness (QED) is 0.825. The molecule has 0 aliphatic heterocycles. The molecule has 0 aliphatic rings. The Morgan fingerprint density at radius 1 is 1.11 bits per heavy atom. The van der Waals surface area contributed by atoms with Crippen molar-refractivity contribution in [1.29, 1.82) is 0 Å². The predicted molar refractivity (Wildman–Crippen MR) is 73.3 cm³/mol. The van der Waals surface area contributed by atoms with Crippen LogP contribution in [-0.4, -0.2) is 13.0 Å². The second-order valence-electron chi connectivity index (χ2n) is 3.82. The van der Waals surface area contributed by atoms with Gasteiger partial charge in [-0.1, -0.05) is 12.1 Å². The van der Waals surface area contributed by atoms with Crippen molar-refractivity contribution in [3.8, 4) is 0 Å². The topological polar surface area (TPSA) is 20.3 Å². The number of anilines is 1. The summed E-state index contributed by atoms with van der Waals surface area (Å²) in [6, 6.07) is 13.0. The van der Waals surface area contributed by atoms with Gasteiger partial charge in [-0.3, -0.25) is 4.79 Å². The summed E-state index contributed by atoms with van der Waals surface area (Å²) in [6.45, 7) is 0. The maximum atomic E-state index is 12.8. The molecule has 0 saturated carbocycles. The van der Waals surface area contributed by atoms with Crippen LogP contribution < -0.4 is 4.90 Å². The van der Waals surface area contributed by atoms with Gasteiger partial charge in [-0.25, -0.2) is 4.39 Å². The molecule has 2 aromatic carbocycles. The van der Waals surface area contributed by atoms with Gasteiger partial charge in [-0.15, -0.1) is 0 Å². The van der Waals surface area contributed by atoms with Crippen molar-refractivity contribution in [1.82, 2.24) is 0 Å². The van der Waals surface area contributed by atoms with Crippen LogP contribution >= 0.6 is 15.9 Å². The summed E-state index contributed by atoms with van der Waals surface area (Å²) >= 11 is 3.34. The zero-order valence-corrected chi connectivity index (χ0v) is 11.3. The fraction of sp³-hybridized carbons (Fsp3) is 0.0714. The highest BCUT2D eigenvalue weighted by molar-refractivity contribution is 9.10. The number of nitrogens with zero attached hydrogens (tertiary/aromatic N) is 1. The van der Waals surface area contributed by atoms with Gasteiger partial charge in [0.1, 0.15) is 5.82 Å². The van der Waals surface area contributed by atoms with Crippen molar-refractivity contribution in [2.75, 3.05) is 11.9 Å². The van der Waals surface area contributed by atoms with Crippen molar-refractivity contribution in [2.45, 2.75) is 0 Å². The molecule has 0 saturated heterocycles. The minimum atomic E-state index is -0.319. The summed E-state index contributed by atoms with van der Waals surface area (Å²) in [6.07, 6.45) is 0. The van der Waals surface area contributed by atoms with Gasteiger partial charge in [0.05, 0.1) is 5.56 Å². The van der Waals surface area contributed by atoms with Crippen LogP contribution in [0.15, 0.2) is 53.0 Å². The van der Waals surface area contributed by atoms with Crippen molar-refractivity contribution in [3.05, 3.63) is 64.4 Å². The SMILES string of the molecule is CN(C(=O)c1ccccc1Br)c1ccc(F)cc1. The van der Waals surface area contributed by atoms with Gasteiger partial charge in [0.2, 0.25) is 0 Å². The third-order valence-electron chi connectivity index (χ3n) is 2.62. The zero-order chi connectivity index (χ0) is 13.1. The van der Waals surface area contributed by atoms with Crippen LogP contribution in [0.25, 0.3) is 0 Å². The van der Waals surface area contributed by atoms with E-state index in [0.717, 1.165) is 4.47 Å². The Bertz CT molecular complexity index is 568. The minimum absolute atomic E-state index is 0.144. The molecule has 2 aromatic rings. The molecule has 0 N–H and O–H groups in total. The van der Waals surface area contributed by atoms with Crippen LogP contribution in [0.2, 0.25) is 0 Å². The molecule has 0 bridgehead atoms. The Hall–Kier alpha value is -1.68. The van der Waals surface area contributed by atoms with Crippen LogP contribution in [0.3, 0.4) is 0 Å². The molecule has 92 valence electrons. The smallest absolute Gasteiger partial charge is 0.259 e. The largest absolute Gasteiger partial charge is 0.311 e. The lowest BCUT2D eigenvalue weighted by molar-refractivity contribution is 0.0992. The van der Waals surface area contributed by atoms with Gasteiger partial charge in [0, 0.05) is 17.2 Å². The van der Waals surface area contributed by atoms with Gasteiger partial charge < -0.3 is 4.90 Å². The van der Waals surface area contributed by atoms with Crippen LogP contribution in [0.1, 0.15) is 10.4 Å². The zero-order valence-electron chi connectivity index (χ0n) is 9.73. The molecule has 2 rings (SSSR count). The summed E-state index contributed by atoms with van der Waals surface area (Å²) < 4.78 is 13.6. The molecule has 18 heavy (non-hydrogen) atoms. The number of benzene rings is 2. The Kier molecular flexibility index (Phi) is 3.77. The van der Waals surface area contributed by atoms with Crippen LogP contribution in [-0.2, 0) is 0 Å². The number of carbonyl (C=O) groups is 1. The van der Waals surface area contributed by atoms with Gasteiger partial charge in [0.25, 0.3) is 5.91 Å². The number of hydrogen-bond donors (Lipinski definition) is 0. The molecule has 0 aromatic heterocycles. The molecule has 4 heteroatoms. The van der Waals surface area contributed by atoms with E-state index in [0.29, 0.717) is 11.3 Å². The molecule has 0 spiro atoms. The summed E-state index contributed by atoms with van der Waals surface area (Å²) in [5.41, 5.74) is 1.22. The van der Waals surface area contributed by atoms with Crippen LogP contribution in [0.5, 0.6) is 0 Å². The van der Waals surface area contributed by atoms with Gasteiger partial charge in [-0.05, 0) is 52.3 Å². The van der Waals surface area contributed by atoms with E-state index in [-0.39, 0.29) is 11.7 Å². The number of halogens is 2. The molecule has 0 radical (unpaired) electrons. The Balaban J connectivity index is 2.29. The Morgan fingerprint density at radius 2 is 1.72 bits per heavy atom. The predicted octanol–water partition coefficient (Wildman–Crippen LogP) is 3.86. The van der Waals surface area contributed by atoms with Gasteiger partial charge in [0.15, 0.2) is 0 Å². The minimum Gasteiger partial charge on any atom is -0.311 e. The standard InChI is InChI=1S/C14H11BrFNO/c1-17(11-8-6-10(16)7-9-11)14(18)12-4-2-3-5-13(12)15/h2-9H,1H3. The molecular formula is C14H11BrFNO. The fourth-order valence-corrected chi connectivity index (χ4v) is 2.05. The van der Waals surface area contributed by atoms with Crippen molar-refractivity contribution in [3.63, 3.8) is 0 Å². The molecule has 0 atom stereocenters. The average molecular weight is 308 g/mol. The summed E-state index contributed by atoms with van der Waals surface area (Å²) in [4.78, 5) is 13.7. The second kappa shape index (κ2) is 5.31. The van der Waals surface area contributed by atoms with Crippen molar-refractivity contribution < 1.29 is 9.18 Å². The maximum Gasteiger partial charge on any atom is 0.259 e. The monoisotopic (exact) mass is 307 g/mol. The van der Waals surface area contributed by atoms with Crippen molar-refractivity contribution in [2.24, 2.45) is 0 Å². The van der Waals surface area contributed by atoms with E-state index in [4.69, 9.17) is 0 Å². The van der Waals surface area contributed by atoms with Gasteiger partial charge in [-0.2, -0.15) is 0 Å². The van der Waals surface area contributed by atoms with Crippen molar-refractivity contribution >= 4 is 27.5 Å². The second-order valence-corrected chi connectivity index (χ2v) is 4.67. The first kappa shape index (κ1) is 12.8. The lowest BCUT2D eigenvalue weighted by Crippen LogP contribution is -2.26. The van der Waals surface area contributed by atoms with E-state index in [1.807, 2.05) is 12.1 Å². The third kappa shape index (κ3) is 2.59. The Morgan fingerprint density at radius 3 is 2.33 bits per heavy atom. The van der Waals surface area contributed by atoms with Crippen LogP contribution in [0.4, 0.5) is 10.1 Å². The highest BCUT2D eigenvalue weighted by Crippen LogP contribution is 2.21. The average Bonchev–Trinajstić information content (AvgIpc) is 2.38. The van der Waals surface area contributed by atoms with Crippen LogP contribution in [0, 0.1) is 5.82 Å². The first-order valence-corrected chi connectivity index (χ1v) is 6.17. The molecule has 2 nitrogen and oxygen atoms in total. The fourth-order valence-electron chi connectivity index (χ4n) is 1.60. The molecular weight excluding hydrogens is 297 g/mol. The summed E-state index contributed by atoms with van der Waals surface area (Å²) in [5.74, 6) is -0.463. The maximum absolute atomic E-state index is 12.8. The lowest BCUT2D eigenvalue weighted by Gasteiger charge is -2.18. The first-order valence-electron chi connectivity index (χ1n) is 5.38. The number of amides is 1. The van der Waals surface area contributed by atoms with Gasteiger partial charge >= 0.3 is 0 Å². The molecule has 0 unspecified atom stereocenters. The third-order valence-corrected chi connectivity index (χ3v) is 3.31. The van der Waals surface area contributed by atoms with E-state index < -0.39 is 0 Å².